The van der Waals surface area contributed by atoms with Crippen LogP contribution in [0.25, 0.3) is 0 Å². The van der Waals surface area contributed by atoms with Gasteiger partial charge in [0.2, 0.25) is 0 Å². The van der Waals surface area contributed by atoms with Crippen LogP contribution in [0.15, 0.2) is 24.3 Å². The first kappa shape index (κ1) is 12.2. The average molecular weight is 243 g/mol. The molecule has 1 heteroatoms. The molecule has 98 valence electrons. The van der Waals surface area contributed by atoms with Crippen LogP contribution < -0.4 is 5.32 Å². The van der Waals surface area contributed by atoms with E-state index >= 15 is 0 Å². The van der Waals surface area contributed by atoms with Crippen molar-refractivity contribution in [3.63, 3.8) is 0 Å². The lowest BCUT2D eigenvalue weighted by atomic mass is 9.72. The van der Waals surface area contributed by atoms with Gasteiger partial charge in [-0.2, -0.15) is 0 Å². The van der Waals surface area contributed by atoms with Crippen LogP contribution in [0.1, 0.15) is 62.0 Å². The molecule has 1 aliphatic heterocycles. The molecule has 1 N–H and O–H groups in total. The number of benzene rings is 1. The second kappa shape index (κ2) is 5.44. The molecule has 1 aliphatic carbocycles. The van der Waals surface area contributed by atoms with E-state index in [9.17, 15) is 0 Å². The second-order valence-electron chi connectivity index (χ2n) is 6.02. The zero-order chi connectivity index (χ0) is 12.4. The van der Waals surface area contributed by atoms with E-state index < -0.39 is 0 Å². The van der Waals surface area contributed by atoms with Gasteiger partial charge in [-0.3, -0.25) is 0 Å². The van der Waals surface area contributed by atoms with E-state index in [0.717, 1.165) is 17.8 Å². The molecule has 2 aliphatic rings. The lowest BCUT2D eigenvalue weighted by molar-refractivity contribution is 0.312. The minimum absolute atomic E-state index is 0.799. The fourth-order valence-electron chi connectivity index (χ4n) is 3.70. The van der Waals surface area contributed by atoms with E-state index in [1.807, 2.05) is 0 Å². The summed E-state index contributed by atoms with van der Waals surface area (Å²) < 4.78 is 0. The summed E-state index contributed by atoms with van der Waals surface area (Å²) in [7, 11) is 0. The van der Waals surface area contributed by atoms with Crippen LogP contribution in [-0.4, -0.2) is 13.1 Å². The normalized spacial score (nSPS) is 28.9. The van der Waals surface area contributed by atoms with E-state index in [1.54, 1.807) is 11.1 Å². The highest BCUT2D eigenvalue weighted by molar-refractivity contribution is 5.35. The Kier molecular flexibility index (Phi) is 3.69. The van der Waals surface area contributed by atoms with Crippen molar-refractivity contribution in [2.45, 2.75) is 50.9 Å². The van der Waals surface area contributed by atoms with E-state index in [4.69, 9.17) is 0 Å². The Hall–Kier alpha value is -0.820. The molecule has 1 saturated carbocycles. The summed E-state index contributed by atoms with van der Waals surface area (Å²) in [5.41, 5.74) is 3.35. The monoisotopic (exact) mass is 243 g/mol. The largest absolute Gasteiger partial charge is 0.316 e. The zero-order valence-electron chi connectivity index (χ0n) is 11.5. The molecular formula is C17H25N. The third kappa shape index (κ3) is 2.21. The lowest BCUT2D eigenvalue weighted by Gasteiger charge is -2.36. The van der Waals surface area contributed by atoms with Gasteiger partial charge in [-0.1, -0.05) is 44.0 Å². The van der Waals surface area contributed by atoms with Gasteiger partial charge in [0.15, 0.2) is 0 Å². The molecule has 2 unspecified atom stereocenters. The van der Waals surface area contributed by atoms with Crippen molar-refractivity contribution >= 4 is 0 Å². The Morgan fingerprint density at radius 2 is 1.89 bits per heavy atom. The van der Waals surface area contributed by atoms with Gasteiger partial charge in [-0.25, -0.2) is 0 Å². The molecule has 2 fully saturated rings. The van der Waals surface area contributed by atoms with Gasteiger partial charge in [0, 0.05) is 0 Å². The van der Waals surface area contributed by atoms with Crippen LogP contribution in [0, 0.1) is 5.92 Å². The zero-order valence-corrected chi connectivity index (χ0v) is 11.5. The van der Waals surface area contributed by atoms with Crippen LogP contribution in [-0.2, 0) is 0 Å². The molecule has 0 amide bonds. The Bertz CT molecular complexity index is 394. The smallest absolute Gasteiger partial charge is 0.00148 e. The van der Waals surface area contributed by atoms with Crippen LogP contribution in [0.3, 0.4) is 0 Å². The van der Waals surface area contributed by atoms with Crippen molar-refractivity contribution in [3.05, 3.63) is 35.4 Å². The first-order valence-corrected chi connectivity index (χ1v) is 7.69. The standard InChI is InChI=1S/C17H25N/c1-2-13-12-18-11-10-16(13)17-9-4-3-8-15(17)14-6-5-7-14/h3-4,8-9,13-14,16,18H,2,5-7,10-12H2,1H3. The van der Waals surface area contributed by atoms with Gasteiger partial charge in [-0.05, 0) is 61.2 Å². The lowest BCUT2D eigenvalue weighted by Crippen LogP contribution is -2.35. The molecular weight excluding hydrogens is 218 g/mol. The molecule has 1 nitrogen and oxygen atoms in total. The van der Waals surface area contributed by atoms with E-state index in [1.165, 1.54) is 45.2 Å². The Morgan fingerprint density at radius 3 is 2.56 bits per heavy atom. The highest BCUT2D eigenvalue weighted by Crippen LogP contribution is 2.43. The van der Waals surface area contributed by atoms with Crippen molar-refractivity contribution < 1.29 is 0 Å². The summed E-state index contributed by atoms with van der Waals surface area (Å²) in [6.07, 6.45) is 6.89. The first-order chi connectivity index (χ1) is 8.90. The van der Waals surface area contributed by atoms with Gasteiger partial charge in [-0.15, -0.1) is 0 Å². The van der Waals surface area contributed by atoms with Gasteiger partial charge < -0.3 is 5.32 Å². The molecule has 3 rings (SSSR count). The van der Waals surface area contributed by atoms with Gasteiger partial charge >= 0.3 is 0 Å². The van der Waals surface area contributed by atoms with Crippen LogP contribution in [0.5, 0.6) is 0 Å². The van der Waals surface area contributed by atoms with Gasteiger partial charge in [0.05, 0.1) is 0 Å². The van der Waals surface area contributed by atoms with E-state index in [0.29, 0.717) is 0 Å². The number of rotatable bonds is 3. The molecule has 1 aromatic carbocycles. The molecule has 0 spiro atoms. The molecule has 1 saturated heterocycles. The Morgan fingerprint density at radius 1 is 1.11 bits per heavy atom. The predicted octanol–water partition coefficient (Wildman–Crippen LogP) is 4.06. The summed E-state index contributed by atoms with van der Waals surface area (Å²) in [5, 5.41) is 3.56. The first-order valence-electron chi connectivity index (χ1n) is 7.69. The maximum Gasteiger partial charge on any atom is -0.00148 e. The Balaban J connectivity index is 1.89. The van der Waals surface area contributed by atoms with Crippen LogP contribution in [0.2, 0.25) is 0 Å². The fraction of sp³-hybridized carbons (Fsp3) is 0.647. The topological polar surface area (TPSA) is 12.0 Å². The quantitative estimate of drug-likeness (QED) is 0.844. The van der Waals surface area contributed by atoms with Crippen molar-refractivity contribution in [1.29, 1.82) is 0 Å². The van der Waals surface area contributed by atoms with Crippen LogP contribution in [0.4, 0.5) is 0 Å². The fourth-order valence-corrected chi connectivity index (χ4v) is 3.70. The maximum absolute atomic E-state index is 3.56. The minimum atomic E-state index is 0.799. The average Bonchev–Trinajstić information content (AvgIpc) is 2.37. The third-order valence-corrected chi connectivity index (χ3v) is 5.07. The third-order valence-electron chi connectivity index (χ3n) is 5.07. The van der Waals surface area contributed by atoms with Crippen molar-refractivity contribution in [1.82, 2.24) is 5.32 Å². The molecule has 0 bridgehead atoms. The molecule has 1 heterocycles. The molecule has 18 heavy (non-hydrogen) atoms. The molecule has 1 aromatic rings. The summed E-state index contributed by atoms with van der Waals surface area (Å²) in [5.74, 6) is 2.50. The predicted molar refractivity (Wildman–Crippen MR) is 77.0 cm³/mol. The van der Waals surface area contributed by atoms with E-state index in [-0.39, 0.29) is 0 Å². The number of piperidine rings is 1. The molecule has 0 aromatic heterocycles. The highest BCUT2D eigenvalue weighted by Gasteiger charge is 2.29. The number of hydrogen-bond acceptors (Lipinski definition) is 1. The second-order valence-corrected chi connectivity index (χ2v) is 6.02. The summed E-state index contributed by atoms with van der Waals surface area (Å²) in [4.78, 5) is 0. The SMILES string of the molecule is CCC1CNCCC1c1ccccc1C1CCC1. The van der Waals surface area contributed by atoms with Crippen molar-refractivity contribution in [2.24, 2.45) is 5.92 Å². The number of hydrogen-bond donors (Lipinski definition) is 1. The Labute approximate surface area is 111 Å². The maximum atomic E-state index is 3.56. The summed E-state index contributed by atoms with van der Waals surface area (Å²) >= 11 is 0. The van der Waals surface area contributed by atoms with E-state index in [2.05, 4.69) is 36.5 Å². The van der Waals surface area contributed by atoms with Gasteiger partial charge in [0.25, 0.3) is 0 Å². The molecule has 0 radical (unpaired) electrons. The summed E-state index contributed by atoms with van der Waals surface area (Å²) in [6.45, 7) is 4.75. The minimum Gasteiger partial charge on any atom is -0.316 e. The molecule has 2 atom stereocenters. The summed E-state index contributed by atoms with van der Waals surface area (Å²) in [6, 6.07) is 9.28. The van der Waals surface area contributed by atoms with Crippen LogP contribution >= 0.6 is 0 Å². The highest BCUT2D eigenvalue weighted by atomic mass is 14.9. The van der Waals surface area contributed by atoms with Crippen molar-refractivity contribution in [3.8, 4) is 0 Å². The van der Waals surface area contributed by atoms with Gasteiger partial charge in [0.1, 0.15) is 0 Å². The number of nitrogens with one attached hydrogen (secondary N) is 1. The van der Waals surface area contributed by atoms with Crippen molar-refractivity contribution in [2.75, 3.05) is 13.1 Å².